The standard InChI is InChI=1S/C12H23NO2S/c1-11(2,3)9(14)7-6-8(13)10(15)12(4,5)16/h8,16H,6-7,13H2,1-5H3. The Hall–Kier alpha value is -0.350. The van der Waals surface area contributed by atoms with Gasteiger partial charge in [-0.1, -0.05) is 20.8 Å². The first kappa shape index (κ1) is 15.7. The topological polar surface area (TPSA) is 60.2 Å². The van der Waals surface area contributed by atoms with E-state index in [1.807, 2.05) is 20.8 Å². The van der Waals surface area contributed by atoms with Crippen LogP contribution in [0.5, 0.6) is 0 Å². The van der Waals surface area contributed by atoms with E-state index in [9.17, 15) is 9.59 Å². The number of carbonyl (C=O) groups excluding carboxylic acids is 2. The van der Waals surface area contributed by atoms with E-state index >= 15 is 0 Å². The molecular weight excluding hydrogens is 222 g/mol. The van der Waals surface area contributed by atoms with Gasteiger partial charge in [-0.2, -0.15) is 12.6 Å². The molecular formula is C12H23NO2S. The molecule has 0 fully saturated rings. The van der Waals surface area contributed by atoms with Crippen LogP contribution in [0.25, 0.3) is 0 Å². The van der Waals surface area contributed by atoms with Crippen molar-refractivity contribution in [2.24, 2.45) is 11.1 Å². The van der Waals surface area contributed by atoms with Gasteiger partial charge in [0.15, 0.2) is 5.78 Å². The van der Waals surface area contributed by atoms with Crippen molar-refractivity contribution in [3.05, 3.63) is 0 Å². The van der Waals surface area contributed by atoms with Crippen LogP contribution in [0.15, 0.2) is 0 Å². The molecule has 0 aliphatic heterocycles. The van der Waals surface area contributed by atoms with E-state index in [-0.39, 0.29) is 17.0 Å². The Morgan fingerprint density at radius 3 is 1.94 bits per heavy atom. The highest BCUT2D eigenvalue weighted by Crippen LogP contribution is 2.20. The number of nitrogens with two attached hydrogens (primary N) is 1. The van der Waals surface area contributed by atoms with Gasteiger partial charge < -0.3 is 5.73 Å². The molecule has 4 heteroatoms. The molecule has 0 rings (SSSR count). The molecule has 0 heterocycles. The number of hydrogen-bond acceptors (Lipinski definition) is 4. The highest BCUT2D eigenvalue weighted by Gasteiger charge is 2.29. The third-order valence-corrected chi connectivity index (χ3v) is 2.68. The van der Waals surface area contributed by atoms with Crippen LogP contribution in [0.4, 0.5) is 0 Å². The molecule has 0 aromatic heterocycles. The molecule has 1 atom stereocenters. The van der Waals surface area contributed by atoms with Crippen LogP contribution in [0, 0.1) is 5.41 Å². The monoisotopic (exact) mass is 245 g/mol. The Balaban J connectivity index is 4.25. The lowest BCUT2D eigenvalue weighted by molar-refractivity contribution is -0.127. The summed E-state index contributed by atoms with van der Waals surface area (Å²) < 4.78 is -0.732. The van der Waals surface area contributed by atoms with E-state index in [1.54, 1.807) is 13.8 Å². The third-order valence-electron chi connectivity index (χ3n) is 2.46. The fourth-order valence-corrected chi connectivity index (χ4v) is 1.41. The number of thiol groups is 1. The Morgan fingerprint density at radius 2 is 1.62 bits per heavy atom. The maximum absolute atomic E-state index is 11.7. The summed E-state index contributed by atoms with van der Waals surface area (Å²) >= 11 is 4.18. The van der Waals surface area contributed by atoms with Gasteiger partial charge in [-0.05, 0) is 20.3 Å². The van der Waals surface area contributed by atoms with Crippen LogP contribution < -0.4 is 5.73 Å². The number of hydrogen-bond donors (Lipinski definition) is 2. The van der Waals surface area contributed by atoms with Crippen LogP contribution in [0.2, 0.25) is 0 Å². The molecule has 0 aliphatic rings. The minimum atomic E-state index is -0.732. The molecule has 2 N–H and O–H groups in total. The average Bonchev–Trinajstić information content (AvgIpc) is 2.09. The van der Waals surface area contributed by atoms with Crippen molar-refractivity contribution < 1.29 is 9.59 Å². The lowest BCUT2D eigenvalue weighted by Crippen LogP contribution is -2.42. The van der Waals surface area contributed by atoms with Gasteiger partial charge in [-0.25, -0.2) is 0 Å². The summed E-state index contributed by atoms with van der Waals surface area (Å²) in [6.45, 7) is 9.02. The van der Waals surface area contributed by atoms with Crippen LogP contribution >= 0.6 is 12.6 Å². The number of carbonyl (C=O) groups is 2. The fourth-order valence-electron chi connectivity index (χ4n) is 1.25. The van der Waals surface area contributed by atoms with Gasteiger partial charge in [-0.15, -0.1) is 0 Å². The van der Waals surface area contributed by atoms with E-state index in [0.717, 1.165) is 0 Å². The number of rotatable bonds is 5. The van der Waals surface area contributed by atoms with Crippen LogP contribution in [0.3, 0.4) is 0 Å². The second kappa shape index (κ2) is 5.32. The second-order valence-corrected chi connectivity index (χ2v) is 6.86. The van der Waals surface area contributed by atoms with Crippen molar-refractivity contribution in [2.45, 2.75) is 58.2 Å². The predicted octanol–water partition coefficient (Wildman–Crippen LogP) is 1.99. The van der Waals surface area contributed by atoms with Gasteiger partial charge in [0.1, 0.15) is 5.78 Å². The molecule has 0 radical (unpaired) electrons. The van der Waals surface area contributed by atoms with E-state index in [1.165, 1.54) is 0 Å². The smallest absolute Gasteiger partial charge is 0.164 e. The molecule has 3 nitrogen and oxygen atoms in total. The summed E-state index contributed by atoms with van der Waals surface area (Å²) in [5, 5.41) is 0. The zero-order chi connectivity index (χ0) is 13.1. The van der Waals surface area contributed by atoms with E-state index in [0.29, 0.717) is 12.8 Å². The quantitative estimate of drug-likeness (QED) is 0.728. The highest BCUT2D eigenvalue weighted by atomic mass is 32.1. The van der Waals surface area contributed by atoms with Crippen molar-refractivity contribution in [3.63, 3.8) is 0 Å². The van der Waals surface area contributed by atoms with Gasteiger partial charge in [0.2, 0.25) is 0 Å². The summed E-state index contributed by atoms with van der Waals surface area (Å²) in [4.78, 5) is 23.4. The molecule has 0 aromatic carbocycles. The maximum Gasteiger partial charge on any atom is 0.164 e. The SMILES string of the molecule is CC(C)(C)C(=O)CCC(N)C(=O)C(C)(C)S. The van der Waals surface area contributed by atoms with Gasteiger partial charge in [0.25, 0.3) is 0 Å². The summed E-state index contributed by atoms with van der Waals surface area (Å²) in [5.41, 5.74) is 5.38. The molecule has 0 spiro atoms. The van der Waals surface area contributed by atoms with Gasteiger partial charge in [0, 0.05) is 11.8 Å². The Labute approximate surface area is 104 Å². The second-order valence-electron chi connectivity index (χ2n) is 5.74. The molecule has 0 aromatic rings. The van der Waals surface area contributed by atoms with Gasteiger partial charge in [-0.3, -0.25) is 9.59 Å². The minimum absolute atomic E-state index is 0.113. The molecule has 16 heavy (non-hydrogen) atoms. The first-order chi connectivity index (χ1) is 6.96. The first-order valence-corrected chi connectivity index (χ1v) is 5.96. The molecule has 0 amide bonds. The van der Waals surface area contributed by atoms with Crippen molar-refractivity contribution in [3.8, 4) is 0 Å². The van der Waals surface area contributed by atoms with E-state index in [2.05, 4.69) is 12.6 Å². The Morgan fingerprint density at radius 1 is 1.19 bits per heavy atom. The van der Waals surface area contributed by atoms with E-state index in [4.69, 9.17) is 5.73 Å². The fraction of sp³-hybridized carbons (Fsp3) is 0.833. The van der Waals surface area contributed by atoms with Crippen LogP contribution in [-0.2, 0) is 9.59 Å². The molecule has 94 valence electrons. The third kappa shape index (κ3) is 5.12. The number of Topliss-reactive ketones (excluding diaryl/α,β-unsaturated/α-hetero) is 2. The van der Waals surface area contributed by atoms with Crippen molar-refractivity contribution in [1.82, 2.24) is 0 Å². The highest BCUT2D eigenvalue weighted by molar-refractivity contribution is 7.82. The normalized spacial score (nSPS) is 14.7. The maximum atomic E-state index is 11.7. The van der Waals surface area contributed by atoms with Gasteiger partial charge in [0.05, 0.1) is 10.8 Å². The zero-order valence-electron chi connectivity index (χ0n) is 10.8. The first-order valence-electron chi connectivity index (χ1n) is 5.52. The minimum Gasteiger partial charge on any atom is -0.321 e. The van der Waals surface area contributed by atoms with E-state index < -0.39 is 10.8 Å². The zero-order valence-corrected chi connectivity index (χ0v) is 11.7. The molecule has 0 saturated carbocycles. The largest absolute Gasteiger partial charge is 0.321 e. The summed E-state index contributed by atoms with van der Waals surface area (Å²) in [5.74, 6) is 0.0188. The van der Waals surface area contributed by atoms with Crippen molar-refractivity contribution in [1.29, 1.82) is 0 Å². The summed E-state index contributed by atoms with van der Waals surface area (Å²) in [7, 11) is 0. The molecule has 0 aliphatic carbocycles. The lowest BCUT2D eigenvalue weighted by atomic mass is 9.86. The van der Waals surface area contributed by atoms with Crippen molar-refractivity contribution >= 4 is 24.2 Å². The molecule has 0 bridgehead atoms. The summed E-state index contributed by atoms with van der Waals surface area (Å²) in [6.07, 6.45) is 0.749. The lowest BCUT2D eigenvalue weighted by Gasteiger charge is -2.22. The average molecular weight is 245 g/mol. The van der Waals surface area contributed by atoms with Gasteiger partial charge >= 0.3 is 0 Å². The number of ketones is 2. The molecule has 1 unspecified atom stereocenters. The Bertz CT molecular complexity index is 274. The predicted molar refractivity (Wildman–Crippen MR) is 69.7 cm³/mol. The Kier molecular flexibility index (Phi) is 5.20. The van der Waals surface area contributed by atoms with Crippen LogP contribution in [-0.4, -0.2) is 22.4 Å². The van der Waals surface area contributed by atoms with Crippen LogP contribution in [0.1, 0.15) is 47.5 Å². The molecule has 0 saturated heterocycles. The summed E-state index contributed by atoms with van der Waals surface area (Å²) in [6, 6.07) is -0.598. The van der Waals surface area contributed by atoms with Crippen molar-refractivity contribution in [2.75, 3.05) is 0 Å².